The molecule has 0 aromatic carbocycles. The van der Waals surface area contributed by atoms with Crippen LogP contribution in [0.2, 0.25) is 0 Å². The molecule has 98 valence electrons. The first-order chi connectivity index (χ1) is 8.72. The van der Waals surface area contributed by atoms with E-state index in [2.05, 4.69) is 27.4 Å². The Morgan fingerprint density at radius 2 is 2.39 bits per heavy atom. The topological polar surface area (TPSA) is 66.9 Å². The van der Waals surface area contributed by atoms with Crippen LogP contribution < -0.4 is 10.6 Å². The van der Waals surface area contributed by atoms with E-state index in [1.54, 1.807) is 11.8 Å². The number of nitrogens with zero attached hydrogens (tertiary/aromatic N) is 2. The van der Waals surface area contributed by atoms with Crippen LogP contribution >= 0.6 is 23.1 Å². The van der Waals surface area contributed by atoms with Gasteiger partial charge < -0.3 is 10.6 Å². The second kappa shape index (κ2) is 6.31. The fourth-order valence-corrected chi connectivity index (χ4v) is 3.24. The van der Waals surface area contributed by atoms with E-state index in [-0.39, 0.29) is 11.8 Å². The number of nitrogens with one attached hydrogen (secondary N) is 2. The zero-order valence-corrected chi connectivity index (χ0v) is 11.8. The van der Waals surface area contributed by atoms with Gasteiger partial charge in [-0.15, -0.1) is 16.8 Å². The predicted octanol–water partition coefficient (Wildman–Crippen LogP) is 1.75. The van der Waals surface area contributed by atoms with Crippen molar-refractivity contribution in [3.05, 3.63) is 12.7 Å². The fourth-order valence-electron chi connectivity index (χ4n) is 1.72. The maximum Gasteiger partial charge on any atom is 0.229 e. The van der Waals surface area contributed by atoms with Crippen molar-refractivity contribution in [1.29, 1.82) is 0 Å². The Labute approximate surface area is 114 Å². The van der Waals surface area contributed by atoms with Crippen LogP contribution in [-0.4, -0.2) is 34.9 Å². The van der Waals surface area contributed by atoms with Gasteiger partial charge in [-0.1, -0.05) is 29.2 Å². The number of aromatic nitrogens is 2. The summed E-state index contributed by atoms with van der Waals surface area (Å²) in [5, 5.41) is 14.5. The number of hydrogen-bond acceptors (Lipinski definition) is 6. The molecule has 1 saturated carbocycles. The molecule has 1 amide bonds. The third-order valence-electron chi connectivity index (χ3n) is 2.88. The molecule has 0 radical (unpaired) electrons. The van der Waals surface area contributed by atoms with Crippen molar-refractivity contribution in [2.75, 3.05) is 18.1 Å². The number of hydrogen-bond donors (Lipinski definition) is 2. The lowest BCUT2D eigenvalue weighted by Gasteiger charge is -2.33. The van der Waals surface area contributed by atoms with Crippen LogP contribution in [-0.2, 0) is 4.79 Å². The zero-order valence-electron chi connectivity index (χ0n) is 10.2. The molecule has 2 rings (SSSR count). The molecule has 1 aliphatic carbocycles. The average Bonchev–Trinajstić information content (AvgIpc) is 2.72. The molecule has 1 aromatic rings. The molecule has 0 spiro atoms. The standard InChI is InChI=1S/C11H16N4OS2/c1-3-4-17-11-15-14-10(18-11)13-9(16)7-5-8(6-7)12-2/h3,7-8,12H,1,4-6H2,2H3,(H,13,14,16). The van der Waals surface area contributed by atoms with Crippen molar-refractivity contribution < 1.29 is 4.79 Å². The highest BCUT2D eigenvalue weighted by Gasteiger charge is 2.33. The molecule has 1 fully saturated rings. The second-order valence-corrected chi connectivity index (χ2v) is 6.36. The van der Waals surface area contributed by atoms with Crippen molar-refractivity contribution in [3.63, 3.8) is 0 Å². The van der Waals surface area contributed by atoms with E-state index in [9.17, 15) is 4.79 Å². The maximum absolute atomic E-state index is 11.9. The normalized spacial score (nSPS) is 22.3. The summed E-state index contributed by atoms with van der Waals surface area (Å²) in [6, 6.07) is 0.480. The minimum absolute atomic E-state index is 0.0536. The molecule has 1 aliphatic rings. The number of amides is 1. The quantitative estimate of drug-likeness (QED) is 0.473. The van der Waals surface area contributed by atoms with Crippen LogP contribution in [0.25, 0.3) is 0 Å². The first kappa shape index (κ1) is 13.5. The Kier molecular flexibility index (Phi) is 4.73. The van der Waals surface area contributed by atoms with Gasteiger partial charge in [0.05, 0.1) is 0 Å². The Morgan fingerprint density at radius 3 is 3.06 bits per heavy atom. The number of carbonyl (C=O) groups excluding carboxylic acids is 1. The summed E-state index contributed by atoms with van der Waals surface area (Å²) < 4.78 is 0.854. The van der Waals surface area contributed by atoms with E-state index in [0.29, 0.717) is 11.2 Å². The van der Waals surface area contributed by atoms with Crippen LogP contribution in [0.3, 0.4) is 0 Å². The lowest BCUT2D eigenvalue weighted by atomic mass is 9.80. The largest absolute Gasteiger partial charge is 0.317 e. The van der Waals surface area contributed by atoms with Crippen LogP contribution in [0, 0.1) is 5.92 Å². The number of thioether (sulfide) groups is 1. The summed E-state index contributed by atoms with van der Waals surface area (Å²) in [7, 11) is 1.92. The maximum atomic E-state index is 11.9. The van der Waals surface area contributed by atoms with Gasteiger partial charge in [0.1, 0.15) is 0 Å². The third-order valence-corrected chi connectivity index (χ3v) is 4.85. The second-order valence-electron chi connectivity index (χ2n) is 4.12. The van der Waals surface area contributed by atoms with Gasteiger partial charge in [-0.25, -0.2) is 0 Å². The molecular formula is C11H16N4OS2. The molecule has 7 heteroatoms. The van der Waals surface area contributed by atoms with Gasteiger partial charge in [0, 0.05) is 17.7 Å². The third kappa shape index (κ3) is 3.30. The summed E-state index contributed by atoms with van der Waals surface area (Å²) in [6.45, 7) is 3.65. The predicted molar refractivity (Wildman–Crippen MR) is 75.0 cm³/mol. The molecule has 0 aliphatic heterocycles. The smallest absolute Gasteiger partial charge is 0.229 e. The fraction of sp³-hybridized carbons (Fsp3) is 0.545. The van der Waals surface area contributed by atoms with Gasteiger partial charge in [-0.2, -0.15) is 0 Å². The number of rotatable bonds is 6. The summed E-state index contributed by atoms with van der Waals surface area (Å²) in [6.07, 6.45) is 3.62. The number of carbonyl (C=O) groups is 1. The van der Waals surface area contributed by atoms with Crippen LogP contribution in [0.5, 0.6) is 0 Å². The van der Waals surface area contributed by atoms with E-state index in [1.807, 2.05) is 13.1 Å². The monoisotopic (exact) mass is 284 g/mol. The Balaban J connectivity index is 1.80. The van der Waals surface area contributed by atoms with Crippen LogP contribution in [0.1, 0.15) is 12.8 Å². The van der Waals surface area contributed by atoms with E-state index < -0.39 is 0 Å². The minimum Gasteiger partial charge on any atom is -0.317 e. The number of anilines is 1. The van der Waals surface area contributed by atoms with E-state index in [1.165, 1.54) is 11.3 Å². The molecule has 5 nitrogen and oxygen atoms in total. The molecular weight excluding hydrogens is 268 g/mol. The van der Waals surface area contributed by atoms with Crippen LogP contribution in [0.15, 0.2) is 17.0 Å². The van der Waals surface area contributed by atoms with Crippen molar-refractivity contribution in [1.82, 2.24) is 15.5 Å². The van der Waals surface area contributed by atoms with Gasteiger partial charge in [0.25, 0.3) is 0 Å². The Hall–Kier alpha value is -0.920. The molecule has 0 saturated heterocycles. The minimum atomic E-state index is 0.0536. The lowest BCUT2D eigenvalue weighted by Crippen LogP contribution is -2.44. The van der Waals surface area contributed by atoms with Gasteiger partial charge in [0.15, 0.2) is 4.34 Å². The first-order valence-electron chi connectivity index (χ1n) is 5.78. The summed E-state index contributed by atoms with van der Waals surface area (Å²) in [5.74, 6) is 0.961. The highest BCUT2D eigenvalue weighted by molar-refractivity contribution is 8.01. The summed E-state index contributed by atoms with van der Waals surface area (Å²) in [5.41, 5.74) is 0. The lowest BCUT2D eigenvalue weighted by molar-refractivity contribution is -0.122. The van der Waals surface area contributed by atoms with Crippen LogP contribution in [0.4, 0.5) is 5.13 Å². The van der Waals surface area contributed by atoms with Crippen molar-refractivity contribution in [3.8, 4) is 0 Å². The Bertz CT molecular complexity index is 428. The van der Waals surface area contributed by atoms with Gasteiger partial charge in [-0.3, -0.25) is 4.79 Å². The highest BCUT2D eigenvalue weighted by atomic mass is 32.2. The summed E-state index contributed by atoms with van der Waals surface area (Å²) in [4.78, 5) is 11.9. The van der Waals surface area contributed by atoms with E-state index in [4.69, 9.17) is 0 Å². The molecule has 1 aromatic heterocycles. The zero-order chi connectivity index (χ0) is 13.0. The Morgan fingerprint density at radius 1 is 1.61 bits per heavy atom. The molecule has 0 unspecified atom stereocenters. The average molecular weight is 284 g/mol. The van der Waals surface area contributed by atoms with Gasteiger partial charge in [0.2, 0.25) is 11.0 Å². The van der Waals surface area contributed by atoms with Gasteiger partial charge >= 0.3 is 0 Å². The van der Waals surface area contributed by atoms with Gasteiger partial charge in [-0.05, 0) is 19.9 Å². The van der Waals surface area contributed by atoms with E-state index in [0.717, 1.165) is 22.9 Å². The molecule has 2 N–H and O–H groups in total. The molecule has 0 bridgehead atoms. The van der Waals surface area contributed by atoms with E-state index >= 15 is 0 Å². The highest BCUT2D eigenvalue weighted by Crippen LogP contribution is 2.30. The SMILES string of the molecule is C=CCSc1nnc(NC(=O)C2CC(NC)C2)s1. The molecule has 0 atom stereocenters. The molecule has 1 heterocycles. The first-order valence-corrected chi connectivity index (χ1v) is 7.58. The summed E-state index contributed by atoms with van der Waals surface area (Å²) >= 11 is 2.97. The van der Waals surface area contributed by atoms with Crippen molar-refractivity contribution in [2.24, 2.45) is 5.92 Å². The molecule has 18 heavy (non-hydrogen) atoms. The van der Waals surface area contributed by atoms with Crippen molar-refractivity contribution >= 4 is 34.1 Å². The van der Waals surface area contributed by atoms with Crippen molar-refractivity contribution in [2.45, 2.75) is 23.2 Å².